The van der Waals surface area contributed by atoms with Crippen molar-refractivity contribution in [3.05, 3.63) is 28.2 Å². The molecule has 0 amide bonds. The molecule has 1 aliphatic carbocycles. The van der Waals surface area contributed by atoms with E-state index in [1.165, 1.54) is 0 Å². The van der Waals surface area contributed by atoms with E-state index < -0.39 is 0 Å². The maximum Gasteiger partial charge on any atom is 0.129 e. The van der Waals surface area contributed by atoms with Gasteiger partial charge in [0.15, 0.2) is 0 Å². The van der Waals surface area contributed by atoms with E-state index in [0.29, 0.717) is 5.92 Å². The van der Waals surface area contributed by atoms with Gasteiger partial charge in [-0.2, -0.15) is 0 Å². The van der Waals surface area contributed by atoms with Crippen LogP contribution in [0.15, 0.2) is 22.7 Å². The van der Waals surface area contributed by atoms with Crippen LogP contribution in [0.3, 0.4) is 0 Å². The van der Waals surface area contributed by atoms with Gasteiger partial charge in [0.2, 0.25) is 0 Å². The van der Waals surface area contributed by atoms with E-state index in [0.717, 1.165) is 42.4 Å². The number of aliphatic hydroxyl groups is 1. The van der Waals surface area contributed by atoms with Crippen molar-refractivity contribution < 1.29 is 10.2 Å². The van der Waals surface area contributed by atoms with Crippen LogP contribution in [0.25, 0.3) is 0 Å². The van der Waals surface area contributed by atoms with E-state index in [2.05, 4.69) is 21.2 Å². The van der Waals surface area contributed by atoms with Crippen LogP contribution in [-0.4, -0.2) is 22.9 Å². The van der Waals surface area contributed by atoms with Crippen molar-refractivity contribution in [2.75, 3.05) is 6.54 Å². The van der Waals surface area contributed by atoms with Crippen LogP contribution in [0.1, 0.15) is 24.8 Å². The SMILES string of the molecule is Oc1ccc(CNCC2CCC(O)C2)cc1Br. The highest BCUT2D eigenvalue weighted by molar-refractivity contribution is 9.10. The number of phenolic OH excluding ortho intramolecular Hbond substituents is 1. The molecular weight excluding hydrogens is 282 g/mol. The lowest BCUT2D eigenvalue weighted by Gasteiger charge is -2.11. The molecule has 0 spiro atoms. The molecule has 1 aliphatic rings. The van der Waals surface area contributed by atoms with E-state index in [1.807, 2.05) is 12.1 Å². The van der Waals surface area contributed by atoms with E-state index in [-0.39, 0.29) is 11.9 Å². The van der Waals surface area contributed by atoms with Crippen molar-refractivity contribution in [1.82, 2.24) is 5.32 Å². The van der Waals surface area contributed by atoms with E-state index in [1.54, 1.807) is 6.07 Å². The highest BCUT2D eigenvalue weighted by Gasteiger charge is 2.21. The molecule has 0 heterocycles. The number of nitrogens with one attached hydrogen (secondary N) is 1. The smallest absolute Gasteiger partial charge is 0.129 e. The molecule has 2 atom stereocenters. The van der Waals surface area contributed by atoms with Crippen LogP contribution >= 0.6 is 15.9 Å². The Labute approximate surface area is 110 Å². The summed E-state index contributed by atoms with van der Waals surface area (Å²) in [4.78, 5) is 0. The molecule has 0 saturated heterocycles. The average molecular weight is 300 g/mol. The number of aromatic hydroxyl groups is 1. The van der Waals surface area contributed by atoms with Crippen molar-refractivity contribution in [1.29, 1.82) is 0 Å². The minimum absolute atomic E-state index is 0.0929. The fourth-order valence-corrected chi connectivity index (χ4v) is 2.74. The molecule has 2 unspecified atom stereocenters. The van der Waals surface area contributed by atoms with Crippen LogP contribution in [0.5, 0.6) is 5.75 Å². The Morgan fingerprint density at radius 3 is 2.82 bits per heavy atom. The second-order valence-corrected chi connectivity index (χ2v) is 5.60. The molecule has 0 aromatic heterocycles. The maximum absolute atomic E-state index is 9.42. The molecule has 94 valence electrons. The first kappa shape index (κ1) is 12.9. The normalized spacial score (nSPS) is 24.1. The van der Waals surface area contributed by atoms with Gasteiger partial charge in [-0.3, -0.25) is 0 Å². The molecular formula is C13H18BrNO2. The first-order valence-corrected chi connectivity index (χ1v) is 6.80. The monoisotopic (exact) mass is 299 g/mol. The number of halogens is 1. The standard InChI is InChI=1S/C13H18BrNO2/c14-12-6-10(2-4-13(12)17)8-15-7-9-1-3-11(16)5-9/h2,4,6,9,11,15-17H,1,3,5,7-8H2. The van der Waals surface area contributed by atoms with Gasteiger partial charge in [0, 0.05) is 6.54 Å². The maximum atomic E-state index is 9.42. The number of hydrogen-bond donors (Lipinski definition) is 3. The first-order valence-electron chi connectivity index (χ1n) is 6.01. The van der Waals surface area contributed by atoms with Crippen LogP contribution in [0.2, 0.25) is 0 Å². The van der Waals surface area contributed by atoms with Crippen molar-refractivity contribution in [2.24, 2.45) is 5.92 Å². The summed E-state index contributed by atoms with van der Waals surface area (Å²) in [5, 5.41) is 22.2. The third kappa shape index (κ3) is 3.69. The second-order valence-electron chi connectivity index (χ2n) is 4.75. The van der Waals surface area contributed by atoms with Gasteiger partial charge in [0.1, 0.15) is 5.75 Å². The highest BCUT2D eigenvalue weighted by Crippen LogP contribution is 2.25. The summed E-state index contributed by atoms with van der Waals surface area (Å²) < 4.78 is 0.730. The Morgan fingerprint density at radius 2 is 2.18 bits per heavy atom. The van der Waals surface area contributed by atoms with Gasteiger partial charge < -0.3 is 15.5 Å². The van der Waals surface area contributed by atoms with Crippen molar-refractivity contribution in [2.45, 2.75) is 31.9 Å². The van der Waals surface area contributed by atoms with Crippen LogP contribution in [-0.2, 0) is 6.54 Å². The summed E-state index contributed by atoms with van der Waals surface area (Å²) in [6.45, 7) is 1.75. The molecule has 0 aliphatic heterocycles. The van der Waals surface area contributed by atoms with Crippen molar-refractivity contribution >= 4 is 15.9 Å². The third-order valence-corrected chi connectivity index (χ3v) is 3.92. The molecule has 1 aromatic carbocycles. The Morgan fingerprint density at radius 1 is 1.35 bits per heavy atom. The fourth-order valence-electron chi connectivity index (χ4n) is 2.31. The lowest BCUT2D eigenvalue weighted by molar-refractivity contribution is 0.177. The largest absolute Gasteiger partial charge is 0.507 e. The topological polar surface area (TPSA) is 52.5 Å². The average Bonchev–Trinajstić information content (AvgIpc) is 2.70. The quantitative estimate of drug-likeness (QED) is 0.800. The zero-order chi connectivity index (χ0) is 12.3. The minimum atomic E-state index is -0.0929. The zero-order valence-electron chi connectivity index (χ0n) is 9.69. The van der Waals surface area contributed by atoms with Crippen molar-refractivity contribution in [3.63, 3.8) is 0 Å². The molecule has 0 radical (unpaired) electrons. The fraction of sp³-hybridized carbons (Fsp3) is 0.538. The number of aliphatic hydroxyl groups excluding tert-OH is 1. The van der Waals surface area contributed by atoms with Gasteiger partial charge in [0.05, 0.1) is 10.6 Å². The minimum Gasteiger partial charge on any atom is -0.507 e. The Kier molecular flexibility index (Phi) is 4.42. The second kappa shape index (κ2) is 5.85. The van der Waals surface area contributed by atoms with E-state index >= 15 is 0 Å². The summed E-state index contributed by atoms with van der Waals surface area (Å²) in [5.41, 5.74) is 1.15. The summed E-state index contributed by atoms with van der Waals surface area (Å²) in [6, 6.07) is 5.53. The van der Waals surface area contributed by atoms with Crippen molar-refractivity contribution in [3.8, 4) is 5.75 Å². The summed E-state index contributed by atoms with van der Waals surface area (Å²) in [5.74, 6) is 0.873. The first-order chi connectivity index (χ1) is 8.15. The number of hydrogen-bond acceptors (Lipinski definition) is 3. The summed E-state index contributed by atoms with van der Waals surface area (Å²) in [6.07, 6.45) is 2.89. The van der Waals surface area contributed by atoms with Gasteiger partial charge in [-0.15, -0.1) is 0 Å². The predicted molar refractivity (Wildman–Crippen MR) is 70.9 cm³/mol. The number of phenols is 1. The molecule has 17 heavy (non-hydrogen) atoms. The Balaban J connectivity index is 1.76. The van der Waals surface area contributed by atoms with Gasteiger partial charge in [-0.05, 0) is 65.4 Å². The molecule has 0 bridgehead atoms. The third-order valence-electron chi connectivity index (χ3n) is 3.29. The van der Waals surface area contributed by atoms with Gasteiger partial charge in [0.25, 0.3) is 0 Å². The number of benzene rings is 1. The molecule has 3 N–H and O–H groups in total. The molecule has 3 nitrogen and oxygen atoms in total. The van der Waals surface area contributed by atoms with E-state index in [4.69, 9.17) is 0 Å². The Bertz CT molecular complexity index is 384. The summed E-state index contributed by atoms with van der Waals surface area (Å²) in [7, 11) is 0. The van der Waals surface area contributed by atoms with E-state index in [9.17, 15) is 10.2 Å². The van der Waals surface area contributed by atoms with Crippen LogP contribution in [0, 0.1) is 5.92 Å². The predicted octanol–water partition coefficient (Wildman–Crippen LogP) is 2.41. The zero-order valence-corrected chi connectivity index (χ0v) is 11.3. The molecule has 1 saturated carbocycles. The Hall–Kier alpha value is -0.580. The van der Waals surface area contributed by atoms with Crippen LogP contribution in [0.4, 0.5) is 0 Å². The highest BCUT2D eigenvalue weighted by atomic mass is 79.9. The molecule has 2 rings (SSSR count). The van der Waals surface area contributed by atoms with Gasteiger partial charge in [-0.1, -0.05) is 6.07 Å². The van der Waals surface area contributed by atoms with Gasteiger partial charge >= 0.3 is 0 Å². The van der Waals surface area contributed by atoms with Gasteiger partial charge in [-0.25, -0.2) is 0 Å². The molecule has 4 heteroatoms. The van der Waals surface area contributed by atoms with Crippen LogP contribution < -0.4 is 5.32 Å². The lowest BCUT2D eigenvalue weighted by atomic mass is 10.1. The number of rotatable bonds is 4. The molecule has 1 fully saturated rings. The molecule has 1 aromatic rings. The summed E-state index contributed by atoms with van der Waals surface area (Å²) >= 11 is 3.30. The lowest BCUT2D eigenvalue weighted by Crippen LogP contribution is -2.21.